The van der Waals surface area contributed by atoms with Crippen molar-refractivity contribution >= 4 is 49.3 Å². The molecule has 0 amide bonds. The van der Waals surface area contributed by atoms with E-state index in [-0.39, 0.29) is 0 Å². The molecule has 2 aromatic heterocycles. The summed E-state index contributed by atoms with van der Waals surface area (Å²) >= 11 is 0. The highest BCUT2D eigenvalue weighted by Crippen LogP contribution is 2.43. The van der Waals surface area contributed by atoms with Gasteiger partial charge in [-0.05, 0) is 71.3 Å². The van der Waals surface area contributed by atoms with Gasteiger partial charge >= 0.3 is 0 Å². The van der Waals surface area contributed by atoms with Crippen LogP contribution in [0.25, 0.3) is 82.1 Å². The van der Waals surface area contributed by atoms with Crippen LogP contribution in [0.4, 0.5) is 5.69 Å². The maximum Gasteiger partial charge on any atom is 0.190 e. The van der Waals surface area contributed by atoms with Crippen LogP contribution in [0.2, 0.25) is 0 Å². The lowest BCUT2D eigenvalue weighted by atomic mass is 9.90. The summed E-state index contributed by atoms with van der Waals surface area (Å²) in [6, 6.07) is 55.5. The molecule has 7 aromatic carbocycles. The second-order valence-electron chi connectivity index (χ2n) is 12.2. The van der Waals surface area contributed by atoms with Gasteiger partial charge < -0.3 is 9.13 Å². The van der Waals surface area contributed by atoms with Crippen molar-refractivity contribution < 1.29 is 0 Å². The van der Waals surface area contributed by atoms with E-state index in [1.807, 2.05) is 66.7 Å². The average molecular weight is 636 g/mol. The Kier molecular flexibility index (Phi) is 6.56. The van der Waals surface area contributed by atoms with Crippen molar-refractivity contribution in [3.63, 3.8) is 0 Å². The van der Waals surface area contributed by atoms with Gasteiger partial charge in [0.25, 0.3) is 0 Å². The molecule has 0 fully saturated rings. The molecule has 0 bridgehead atoms. The minimum Gasteiger partial charge on any atom is -0.309 e. The molecule has 0 unspecified atom stereocenters. The lowest BCUT2D eigenvalue weighted by Crippen LogP contribution is -2.01. The smallest absolute Gasteiger partial charge is 0.190 e. The van der Waals surface area contributed by atoms with Crippen LogP contribution in [0.5, 0.6) is 0 Å². The molecule has 0 atom stereocenters. The molecule has 5 heteroatoms. The molecule has 0 aliphatic heterocycles. The van der Waals surface area contributed by atoms with Crippen LogP contribution in [0.3, 0.4) is 0 Å². The molecule has 2 heterocycles. The average Bonchev–Trinajstić information content (AvgIpc) is 3.70. The number of para-hydroxylation sites is 4. The van der Waals surface area contributed by atoms with E-state index in [4.69, 9.17) is 6.57 Å². The van der Waals surface area contributed by atoms with Crippen molar-refractivity contribution in [3.05, 3.63) is 174 Å². The van der Waals surface area contributed by atoms with Gasteiger partial charge in [-0.3, -0.25) is 0 Å². The van der Waals surface area contributed by atoms with Crippen LogP contribution in [0, 0.1) is 29.2 Å². The maximum atomic E-state index is 11.0. The molecule has 0 saturated heterocycles. The van der Waals surface area contributed by atoms with E-state index in [2.05, 4.69) is 98.9 Å². The second-order valence-corrected chi connectivity index (χ2v) is 12.2. The van der Waals surface area contributed by atoms with Gasteiger partial charge in [-0.2, -0.15) is 10.5 Å². The first-order chi connectivity index (χ1) is 24.7. The normalized spacial score (nSPS) is 11.1. The lowest BCUT2D eigenvalue weighted by molar-refractivity contribution is 1.17. The van der Waals surface area contributed by atoms with Crippen molar-refractivity contribution in [3.8, 4) is 45.8 Å². The third-order valence-electron chi connectivity index (χ3n) is 9.62. The Hall–Kier alpha value is -7.39. The van der Waals surface area contributed by atoms with Crippen LogP contribution >= 0.6 is 0 Å². The van der Waals surface area contributed by atoms with Gasteiger partial charge in [0.15, 0.2) is 5.69 Å². The standard InChI is InChI=1S/C45H25N5/c1-48-30-25-37(39(28-47)45(26-30)50-43-21-11-7-17-36(43)38-24-29(27-46)22-23-44(38)50)32-13-3-2-12-31(32)33-14-4-8-18-40(33)49-41-19-9-5-15-34(41)35-16-6-10-20-42(35)49/h2-26H. The number of aromatic nitrogens is 2. The Morgan fingerprint density at radius 2 is 0.940 bits per heavy atom. The Morgan fingerprint density at radius 3 is 1.54 bits per heavy atom. The highest BCUT2D eigenvalue weighted by molar-refractivity contribution is 6.11. The summed E-state index contributed by atoms with van der Waals surface area (Å²) in [6.45, 7) is 8.12. The molecular weight excluding hydrogens is 611 g/mol. The van der Waals surface area contributed by atoms with E-state index >= 15 is 0 Å². The zero-order valence-corrected chi connectivity index (χ0v) is 26.7. The van der Waals surface area contributed by atoms with Gasteiger partial charge in [-0.1, -0.05) is 97.1 Å². The zero-order chi connectivity index (χ0) is 33.8. The predicted octanol–water partition coefficient (Wildman–Crippen LogP) is 11.5. The molecule has 0 radical (unpaired) electrons. The largest absolute Gasteiger partial charge is 0.309 e. The van der Waals surface area contributed by atoms with Gasteiger partial charge in [0.1, 0.15) is 6.07 Å². The molecule has 230 valence electrons. The summed E-state index contributed by atoms with van der Waals surface area (Å²) in [5, 5.41) is 24.9. The SMILES string of the molecule is [C-]#[N+]c1cc(-c2ccccc2-c2ccccc2-n2c3ccccc3c3ccccc32)c(C#N)c(-n2c3ccccc3c3cc(C#N)ccc32)c1. The summed E-state index contributed by atoms with van der Waals surface area (Å²) in [6.07, 6.45) is 0. The topological polar surface area (TPSA) is 61.8 Å². The van der Waals surface area contributed by atoms with Crippen LogP contribution in [0.1, 0.15) is 11.1 Å². The van der Waals surface area contributed by atoms with Crippen LogP contribution < -0.4 is 0 Å². The molecule has 0 aliphatic rings. The van der Waals surface area contributed by atoms with Crippen LogP contribution in [0.15, 0.2) is 152 Å². The summed E-state index contributed by atoms with van der Waals surface area (Å²) in [7, 11) is 0. The molecule has 9 aromatic rings. The minimum atomic E-state index is 0.430. The summed E-state index contributed by atoms with van der Waals surface area (Å²) < 4.78 is 4.37. The molecule has 50 heavy (non-hydrogen) atoms. The van der Waals surface area contributed by atoms with Gasteiger partial charge in [-0.15, -0.1) is 0 Å². The molecule has 0 spiro atoms. The Bertz CT molecular complexity index is 2920. The van der Waals surface area contributed by atoms with Gasteiger partial charge in [0.05, 0.1) is 57.2 Å². The summed E-state index contributed by atoms with van der Waals surface area (Å²) in [5.41, 5.74) is 10.6. The number of hydrogen-bond donors (Lipinski definition) is 0. The summed E-state index contributed by atoms with van der Waals surface area (Å²) in [5.74, 6) is 0. The molecule has 5 nitrogen and oxygen atoms in total. The lowest BCUT2D eigenvalue weighted by Gasteiger charge is -2.19. The van der Waals surface area contributed by atoms with Gasteiger partial charge in [0, 0.05) is 27.1 Å². The number of nitriles is 2. The van der Waals surface area contributed by atoms with Crippen molar-refractivity contribution in [1.29, 1.82) is 10.5 Å². The Labute approximate surface area is 288 Å². The van der Waals surface area contributed by atoms with Gasteiger partial charge in [-0.25, -0.2) is 4.85 Å². The van der Waals surface area contributed by atoms with E-state index in [9.17, 15) is 10.5 Å². The van der Waals surface area contributed by atoms with E-state index < -0.39 is 0 Å². The number of fused-ring (bicyclic) bond motifs is 6. The second kappa shape index (κ2) is 11.4. The summed E-state index contributed by atoms with van der Waals surface area (Å²) in [4.78, 5) is 3.90. The van der Waals surface area contributed by atoms with Crippen molar-refractivity contribution in [2.24, 2.45) is 0 Å². The third-order valence-corrected chi connectivity index (χ3v) is 9.62. The number of rotatable bonds is 4. The molecule has 0 N–H and O–H groups in total. The fourth-order valence-corrected chi connectivity index (χ4v) is 7.52. The first-order valence-electron chi connectivity index (χ1n) is 16.3. The zero-order valence-electron chi connectivity index (χ0n) is 26.7. The molecule has 0 saturated carbocycles. The van der Waals surface area contributed by atoms with Gasteiger partial charge in [0.2, 0.25) is 0 Å². The highest BCUT2D eigenvalue weighted by atomic mass is 15.0. The van der Waals surface area contributed by atoms with Crippen molar-refractivity contribution in [1.82, 2.24) is 9.13 Å². The maximum absolute atomic E-state index is 11.0. The Morgan fingerprint density at radius 1 is 0.440 bits per heavy atom. The number of nitrogens with zero attached hydrogens (tertiary/aromatic N) is 5. The first-order valence-corrected chi connectivity index (χ1v) is 16.3. The van der Waals surface area contributed by atoms with Crippen molar-refractivity contribution in [2.45, 2.75) is 0 Å². The third kappa shape index (κ3) is 4.24. The number of hydrogen-bond acceptors (Lipinski definition) is 2. The first kappa shape index (κ1) is 28.8. The van der Waals surface area contributed by atoms with E-state index in [0.29, 0.717) is 28.1 Å². The minimum absolute atomic E-state index is 0.430. The number of benzene rings is 7. The van der Waals surface area contributed by atoms with Crippen molar-refractivity contribution in [2.75, 3.05) is 0 Å². The molecule has 0 aliphatic carbocycles. The highest BCUT2D eigenvalue weighted by Gasteiger charge is 2.22. The van der Waals surface area contributed by atoms with E-state index in [1.54, 1.807) is 12.1 Å². The molecule has 9 rings (SSSR count). The fourth-order valence-electron chi connectivity index (χ4n) is 7.52. The molecular formula is C45H25N5. The fraction of sp³-hybridized carbons (Fsp3) is 0. The van der Waals surface area contributed by atoms with E-state index in [1.165, 1.54) is 10.8 Å². The Balaban J connectivity index is 1.34. The predicted molar refractivity (Wildman–Crippen MR) is 202 cm³/mol. The quantitative estimate of drug-likeness (QED) is 0.181. The monoisotopic (exact) mass is 635 g/mol. The van der Waals surface area contributed by atoms with Crippen LogP contribution in [-0.2, 0) is 0 Å². The van der Waals surface area contributed by atoms with E-state index in [0.717, 1.165) is 55.2 Å². The van der Waals surface area contributed by atoms with Crippen LogP contribution in [-0.4, -0.2) is 9.13 Å².